The van der Waals surface area contributed by atoms with Crippen LogP contribution in [0.3, 0.4) is 0 Å². The van der Waals surface area contributed by atoms with Crippen LogP contribution in [0.4, 0.5) is 5.95 Å². The molecule has 0 spiro atoms. The average Bonchev–Trinajstić information content (AvgIpc) is 3.01. The Morgan fingerprint density at radius 2 is 2.00 bits per heavy atom. The van der Waals surface area contributed by atoms with Crippen molar-refractivity contribution >= 4 is 5.95 Å². The van der Waals surface area contributed by atoms with Crippen molar-refractivity contribution in [2.75, 3.05) is 12.8 Å². The van der Waals surface area contributed by atoms with E-state index in [0.717, 1.165) is 35.8 Å². The molecule has 0 bridgehead atoms. The number of rotatable bonds is 4. The highest BCUT2D eigenvalue weighted by Gasteiger charge is 2.21. The van der Waals surface area contributed by atoms with Gasteiger partial charge in [-0.1, -0.05) is 25.0 Å². The third-order valence-corrected chi connectivity index (χ3v) is 3.93. The Hall–Kier alpha value is -2.17. The Morgan fingerprint density at radius 3 is 2.76 bits per heavy atom. The van der Waals surface area contributed by atoms with Gasteiger partial charge >= 0.3 is 0 Å². The molecular weight excluding hydrogens is 264 g/mol. The Labute approximate surface area is 124 Å². The van der Waals surface area contributed by atoms with E-state index in [0.29, 0.717) is 18.3 Å². The fourth-order valence-corrected chi connectivity index (χ4v) is 2.87. The molecule has 2 aromatic rings. The molecule has 0 atom stereocenters. The quantitative estimate of drug-likeness (QED) is 0.934. The van der Waals surface area contributed by atoms with E-state index in [1.54, 1.807) is 7.11 Å². The predicted molar refractivity (Wildman–Crippen MR) is 81.2 cm³/mol. The third-order valence-electron chi connectivity index (χ3n) is 3.93. The summed E-state index contributed by atoms with van der Waals surface area (Å²) in [5.74, 6) is 3.20. The van der Waals surface area contributed by atoms with Crippen LogP contribution in [0.5, 0.6) is 5.75 Å². The van der Waals surface area contributed by atoms with Crippen molar-refractivity contribution in [3.05, 3.63) is 41.5 Å². The molecule has 5 nitrogen and oxygen atoms in total. The summed E-state index contributed by atoms with van der Waals surface area (Å²) < 4.78 is 5.24. The molecule has 1 aliphatic carbocycles. The summed E-state index contributed by atoms with van der Waals surface area (Å²) >= 11 is 0. The van der Waals surface area contributed by atoms with Gasteiger partial charge in [-0.15, -0.1) is 0 Å². The molecule has 0 radical (unpaired) electrons. The molecule has 5 heteroatoms. The number of benzene rings is 1. The van der Waals surface area contributed by atoms with E-state index in [9.17, 15) is 0 Å². The van der Waals surface area contributed by atoms with Gasteiger partial charge in [0.1, 0.15) is 17.4 Å². The zero-order valence-corrected chi connectivity index (χ0v) is 12.2. The lowest BCUT2D eigenvalue weighted by molar-refractivity contribution is 0.414. The maximum Gasteiger partial charge on any atom is 0.223 e. The number of nitrogens with zero attached hydrogens (tertiary/aromatic N) is 3. The van der Waals surface area contributed by atoms with Crippen molar-refractivity contribution < 1.29 is 4.74 Å². The van der Waals surface area contributed by atoms with Gasteiger partial charge in [0, 0.05) is 12.3 Å². The zero-order valence-electron chi connectivity index (χ0n) is 12.2. The number of nitrogen functional groups attached to an aromatic ring is 1. The normalized spacial score (nSPS) is 15.3. The summed E-state index contributed by atoms with van der Waals surface area (Å²) in [4.78, 5) is 13.2. The summed E-state index contributed by atoms with van der Waals surface area (Å²) in [5.41, 5.74) is 6.96. The van der Waals surface area contributed by atoms with Crippen molar-refractivity contribution in [3.63, 3.8) is 0 Å². The SMILES string of the molecule is COc1cccc(Cc2nc(N)nc(C3CCCC3)n2)c1. The molecule has 0 saturated heterocycles. The van der Waals surface area contributed by atoms with E-state index in [2.05, 4.69) is 15.0 Å². The molecule has 21 heavy (non-hydrogen) atoms. The highest BCUT2D eigenvalue weighted by atomic mass is 16.5. The molecule has 1 aromatic carbocycles. The Kier molecular flexibility index (Phi) is 3.99. The number of hydrogen-bond donors (Lipinski definition) is 1. The van der Waals surface area contributed by atoms with Gasteiger partial charge in [0.25, 0.3) is 0 Å². The minimum Gasteiger partial charge on any atom is -0.497 e. The number of methoxy groups -OCH3 is 1. The molecule has 1 aliphatic rings. The lowest BCUT2D eigenvalue weighted by Gasteiger charge is -2.10. The number of nitrogens with two attached hydrogens (primary N) is 1. The number of hydrogen-bond acceptors (Lipinski definition) is 5. The second kappa shape index (κ2) is 6.08. The van der Waals surface area contributed by atoms with Crippen molar-refractivity contribution in [1.29, 1.82) is 0 Å². The number of aromatic nitrogens is 3. The van der Waals surface area contributed by atoms with Gasteiger partial charge in [0.05, 0.1) is 7.11 Å². The van der Waals surface area contributed by atoms with Crippen LogP contribution in [0, 0.1) is 0 Å². The van der Waals surface area contributed by atoms with E-state index < -0.39 is 0 Å². The smallest absolute Gasteiger partial charge is 0.223 e. The van der Waals surface area contributed by atoms with Crippen molar-refractivity contribution in [2.24, 2.45) is 0 Å². The molecule has 110 valence electrons. The number of ether oxygens (including phenoxy) is 1. The fourth-order valence-electron chi connectivity index (χ4n) is 2.87. The van der Waals surface area contributed by atoms with E-state index in [1.165, 1.54) is 12.8 Å². The van der Waals surface area contributed by atoms with E-state index in [4.69, 9.17) is 10.5 Å². The maximum absolute atomic E-state index is 5.85. The van der Waals surface area contributed by atoms with Gasteiger partial charge in [-0.25, -0.2) is 4.98 Å². The predicted octanol–water partition coefficient (Wildman–Crippen LogP) is 2.71. The Bertz CT molecular complexity index is 623. The second-order valence-corrected chi connectivity index (χ2v) is 5.48. The van der Waals surface area contributed by atoms with Gasteiger partial charge in [0.2, 0.25) is 5.95 Å². The highest BCUT2D eigenvalue weighted by molar-refractivity contribution is 5.31. The van der Waals surface area contributed by atoms with Crippen LogP contribution in [0.1, 0.15) is 48.8 Å². The van der Waals surface area contributed by atoms with Gasteiger partial charge in [-0.3, -0.25) is 0 Å². The van der Waals surface area contributed by atoms with Gasteiger partial charge in [0.15, 0.2) is 0 Å². The first-order chi connectivity index (χ1) is 10.2. The van der Waals surface area contributed by atoms with Crippen LogP contribution in [-0.4, -0.2) is 22.1 Å². The van der Waals surface area contributed by atoms with Crippen molar-refractivity contribution in [1.82, 2.24) is 15.0 Å². The molecule has 2 N–H and O–H groups in total. The molecule has 1 heterocycles. The van der Waals surface area contributed by atoms with Gasteiger partial charge in [-0.05, 0) is 30.5 Å². The minimum atomic E-state index is 0.324. The van der Waals surface area contributed by atoms with Gasteiger partial charge < -0.3 is 10.5 Å². The summed E-state index contributed by atoms with van der Waals surface area (Å²) in [7, 11) is 1.66. The lowest BCUT2D eigenvalue weighted by Crippen LogP contribution is -2.10. The van der Waals surface area contributed by atoms with Crippen molar-refractivity contribution in [3.8, 4) is 5.75 Å². The molecule has 0 unspecified atom stereocenters. The largest absolute Gasteiger partial charge is 0.497 e. The van der Waals surface area contributed by atoms with E-state index in [-0.39, 0.29) is 0 Å². The third kappa shape index (κ3) is 3.29. The summed E-state index contributed by atoms with van der Waals surface area (Å²) in [6.07, 6.45) is 5.46. The Morgan fingerprint density at radius 1 is 1.19 bits per heavy atom. The maximum atomic E-state index is 5.85. The first-order valence-corrected chi connectivity index (χ1v) is 7.38. The van der Waals surface area contributed by atoms with Crippen LogP contribution in [-0.2, 0) is 6.42 Å². The summed E-state index contributed by atoms with van der Waals surface area (Å²) in [6, 6.07) is 7.93. The standard InChI is InChI=1S/C16H20N4O/c1-21-13-8-4-5-11(9-13)10-14-18-15(20-16(17)19-14)12-6-2-3-7-12/h4-5,8-9,12H,2-3,6-7,10H2,1H3,(H2,17,18,19,20). The Balaban J connectivity index is 1.84. The topological polar surface area (TPSA) is 73.9 Å². The highest BCUT2D eigenvalue weighted by Crippen LogP contribution is 2.32. The summed E-state index contributed by atoms with van der Waals surface area (Å²) in [5, 5.41) is 0. The lowest BCUT2D eigenvalue weighted by atomic mass is 10.1. The van der Waals surface area contributed by atoms with Crippen molar-refractivity contribution in [2.45, 2.75) is 38.0 Å². The van der Waals surface area contributed by atoms with E-state index >= 15 is 0 Å². The van der Waals surface area contributed by atoms with Crippen LogP contribution >= 0.6 is 0 Å². The molecule has 0 aliphatic heterocycles. The molecular formula is C16H20N4O. The van der Waals surface area contributed by atoms with Crippen LogP contribution in [0.25, 0.3) is 0 Å². The number of anilines is 1. The minimum absolute atomic E-state index is 0.324. The van der Waals surface area contributed by atoms with Crippen LogP contribution in [0.15, 0.2) is 24.3 Å². The molecule has 1 aromatic heterocycles. The first kappa shape index (κ1) is 13.8. The van der Waals surface area contributed by atoms with Crippen LogP contribution < -0.4 is 10.5 Å². The molecule has 3 rings (SSSR count). The second-order valence-electron chi connectivity index (χ2n) is 5.48. The van der Waals surface area contributed by atoms with E-state index in [1.807, 2.05) is 24.3 Å². The monoisotopic (exact) mass is 284 g/mol. The molecule has 1 fully saturated rings. The first-order valence-electron chi connectivity index (χ1n) is 7.38. The molecule has 1 saturated carbocycles. The zero-order chi connectivity index (χ0) is 14.7. The van der Waals surface area contributed by atoms with Crippen LogP contribution in [0.2, 0.25) is 0 Å². The molecule has 0 amide bonds. The van der Waals surface area contributed by atoms with Gasteiger partial charge in [-0.2, -0.15) is 9.97 Å². The summed E-state index contributed by atoms with van der Waals surface area (Å²) in [6.45, 7) is 0. The average molecular weight is 284 g/mol. The fraction of sp³-hybridized carbons (Fsp3) is 0.438.